The minimum Gasteiger partial charge on any atom is -0.340 e. The molecule has 0 radical (unpaired) electrons. The van der Waals surface area contributed by atoms with E-state index in [-0.39, 0.29) is 24.4 Å². The number of nitrogens with two attached hydrogens (primary N) is 1. The maximum absolute atomic E-state index is 11.9. The topological polar surface area (TPSA) is 75.0 Å². The van der Waals surface area contributed by atoms with E-state index >= 15 is 0 Å². The first-order chi connectivity index (χ1) is 7.91. The normalized spacial score (nSPS) is 12.1. The molecule has 0 aromatic carbocycles. The molecule has 1 aromatic heterocycles. The van der Waals surface area contributed by atoms with Gasteiger partial charge in [-0.1, -0.05) is 13.8 Å². The highest BCUT2D eigenvalue weighted by Crippen LogP contribution is 2.06. The van der Waals surface area contributed by atoms with Crippen molar-refractivity contribution in [1.82, 2.24) is 15.1 Å². The van der Waals surface area contributed by atoms with E-state index in [1.807, 2.05) is 6.92 Å². The predicted molar refractivity (Wildman–Crippen MR) is 75.0 cm³/mol. The number of nitrogens with zero attached hydrogens (tertiary/aromatic N) is 2. The van der Waals surface area contributed by atoms with E-state index in [2.05, 4.69) is 24.0 Å². The fourth-order valence-electron chi connectivity index (χ4n) is 1.50. The third kappa shape index (κ3) is 4.66. The molecular weight excluding hydrogens is 252 g/mol. The quantitative estimate of drug-likeness (QED) is 0.856. The van der Waals surface area contributed by atoms with Crippen molar-refractivity contribution in [3.63, 3.8) is 0 Å². The summed E-state index contributed by atoms with van der Waals surface area (Å²) in [6, 6.07) is 1.88. The van der Waals surface area contributed by atoms with Crippen LogP contribution in [0.25, 0.3) is 0 Å². The molecule has 0 spiro atoms. The highest BCUT2D eigenvalue weighted by atomic mass is 35.5. The minimum absolute atomic E-state index is 0. The standard InChI is InChI=1S/C12H22N4O.ClH/c1-8(2)10(13)5-6-16(4)12(17)11-7-9(3)14-15-11;/h7-8,10H,5-6,13H2,1-4H3,(H,14,15);1H. The largest absolute Gasteiger partial charge is 0.340 e. The lowest BCUT2D eigenvalue weighted by atomic mass is 10.0. The molecule has 1 heterocycles. The van der Waals surface area contributed by atoms with Crippen molar-refractivity contribution < 1.29 is 4.79 Å². The van der Waals surface area contributed by atoms with Crippen molar-refractivity contribution in [2.45, 2.75) is 33.2 Å². The van der Waals surface area contributed by atoms with Crippen molar-refractivity contribution in [3.05, 3.63) is 17.5 Å². The summed E-state index contributed by atoms with van der Waals surface area (Å²) in [5.74, 6) is 0.372. The van der Waals surface area contributed by atoms with Crippen LogP contribution >= 0.6 is 12.4 Å². The highest BCUT2D eigenvalue weighted by Gasteiger charge is 2.16. The van der Waals surface area contributed by atoms with Crippen LogP contribution in [0, 0.1) is 12.8 Å². The molecule has 5 nitrogen and oxygen atoms in total. The molecule has 1 atom stereocenters. The highest BCUT2D eigenvalue weighted by molar-refractivity contribution is 5.92. The summed E-state index contributed by atoms with van der Waals surface area (Å²) in [7, 11) is 1.78. The Hall–Kier alpha value is -1.07. The number of nitrogens with one attached hydrogen (secondary N) is 1. The third-order valence-corrected chi connectivity index (χ3v) is 2.93. The monoisotopic (exact) mass is 274 g/mol. The minimum atomic E-state index is -0.0645. The summed E-state index contributed by atoms with van der Waals surface area (Å²) in [6.07, 6.45) is 0.809. The molecule has 0 saturated carbocycles. The predicted octanol–water partition coefficient (Wildman–Crippen LogP) is 1.59. The molecule has 0 aliphatic heterocycles. The van der Waals surface area contributed by atoms with Crippen molar-refractivity contribution >= 4 is 18.3 Å². The van der Waals surface area contributed by atoms with Crippen LogP contribution in [0.1, 0.15) is 36.5 Å². The molecule has 1 rings (SSSR count). The van der Waals surface area contributed by atoms with E-state index in [1.165, 1.54) is 0 Å². The number of aromatic amines is 1. The summed E-state index contributed by atoms with van der Waals surface area (Å²) < 4.78 is 0. The second kappa shape index (κ2) is 7.38. The van der Waals surface area contributed by atoms with Gasteiger partial charge in [-0.25, -0.2) is 0 Å². The Morgan fingerprint density at radius 1 is 1.56 bits per heavy atom. The average molecular weight is 275 g/mol. The molecule has 6 heteroatoms. The van der Waals surface area contributed by atoms with Gasteiger partial charge >= 0.3 is 0 Å². The zero-order chi connectivity index (χ0) is 13.0. The van der Waals surface area contributed by atoms with Gasteiger partial charge in [-0.15, -0.1) is 12.4 Å². The molecule has 18 heavy (non-hydrogen) atoms. The van der Waals surface area contributed by atoms with Crippen LogP contribution in [0.15, 0.2) is 6.07 Å². The van der Waals surface area contributed by atoms with Gasteiger partial charge in [-0.2, -0.15) is 5.10 Å². The number of aromatic nitrogens is 2. The SMILES string of the molecule is Cc1cc(C(=O)N(C)CCC(N)C(C)C)n[nH]1.Cl. The first kappa shape index (κ1) is 16.9. The molecule has 3 N–H and O–H groups in total. The van der Waals surface area contributed by atoms with Crippen LogP contribution in [0.4, 0.5) is 0 Å². The van der Waals surface area contributed by atoms with Gasteiger partial charge in [0.05, 0.1) is 0 Å². The van der Waals surface area contributed by atoms with Gasteiger partial charge in [-0.3, -0.25) is 9.89 Å². The number of carbonyl (C=O) groups excluding carboxylic acids is 1. The Morgan fingerprint density at radius 3 is 2.61 bits per heavy atom. The molecule has 104 valence electrons. The van der Waals surface area contributed by atoms with E-state index in [0.717, 1.165) is 12.1 Å². The second-order valence-electron chi connectivity index (χ2n) is 4.86. The van der Waals surface area contributed by atoms with Crippen LogP contribution in [-0.4, -0.2) is 40.6 Å². The maximum atomic E-state index is 11.9. The Morgan fingerprint density at radius 2 is 2.17 bits per heavy atom. The molecular formula is C12H23ClN4O. The van der Waals surface area contributed by atoms with E-state index in [4.69, 9.17) is 5.73 Å². The van der Waals surface area contributed by atoms with Gasteiger partial charge in [0.1, 0.15) is 5.69 Å². The summed E-state index contributed by atoms with van der Waals surface area (Å²) in [4.78, 5) is 13.6. The van der Waals surface area contributed by atoms with Gasteiger partial charge in [0, 0.05) is 25.3 Å². The average Bonchev–Trinajstić information content (AvgIpc) is 2.70. The Bertz CT molecular complexity index is 378. The molecule has 0 aliphatic rings. The molecule has 0 fully saturated rings. The number of hydrogen-bond acceptors (Lipinski definition) is 3. The second-order valence-corrected chi connectivity index (χ2v) is 4.86. The van der Waals surface area contributed by atoms with Gasteiger partial charge in [-0.05, 0) is 25.3 Å². The smallest absolute Gasteiger partial charge is 0.274 e. The number of amides is 1. The molecule has 0 saturated heterocycles. The van der Waals surface area contributed by atoms with Crippen LogP contribution in [-0.2, 0) is 0 Å². The molecule has 1 aromatic rings. The summed E-state index contributed by atoms with van der Waals surface area (Å²) in [6.45, 7) is 6.70. The fourth-order valence-corrected chi connectivity index (χ4v) is 1.50. The number of aryl methyl sites for hydroxylation is 1. The first-order valence-electron chi connectivity index (χ1n) is 5.95. The fraction of sp³-hybridized carbons (Fsp3) is 0.667. The van der Waals surface area contributed by atoms with E-state index < -0.39 is 0 Å². The van der Waals surface area contributed by atoms with Gasteiger partial charge in [0.25, 0.3) is 5.91 Å². The Balaban J connectivity index is 0.00000289. The van der Waals surface area contributed by atoms with Crippen molar-refractivity contribution in [2.24, 2.45) is 11.7 Å². The zero-order valence-corrected chi connectivity index (χ0v) is 12.3. The number of H-pyrrole nitrogens is 1. The first-order valence-corrected chi connectivity index (χ1v) is 5.95. The Kier molecular flexibility index (Phi) is 6.94. The van der Waals surface area contributed by atoms with E-state index in [9.17, 15) is 4.79 Å². The number of hydrogen-bond donors (Lipinski definition) is 2. The van der Waals surface area contributed by atoms with Crippen LogP contribution in [0.2, 0.25) is 0 Å². The lowest BCUT2D eigenvalue weighted by molar-refractivity contribution is 0.0783. The zero-order valence-electron chi connectivity index (χ0n) is 11.4. The number of rotatable bonds is 5. The van der Waals surface area contributed by atoms with Crippen LogP contribution in [0.5, 0.6) is 0 Å². The summed E-state index contributed by atoms with van der Waals surface area (Å²) in [5, 5.41) is 6.72. The lowest BCUT2D eigenvalue weighted by Crippen LogP contribution is -2.34. The molecule has 0 aliphatic carbocycles. The van der Waals surface area contributed by atoms with E-state index in [1.54, 1.807) is 18.0 Å². The summed E-state index contributed by atoms with van der Waals surface area (Å²) in [5.41, 5.74) is 7.30. The maximum Gasteiger partial charge on any atom is 0.274 e. The summed E-state index contributed by atoms with van der Waals surface area (Å²) >= 11 is 0. The lowest BCUT2D eigenvalue weighted by Gasteiger charge is -2.20. The van der Waals surface area contributed by atoms with Crippen molar-refractivity contribution in [3.8, 4) is 0 Å². The van der Waals surface area contributed by atoms with E-state index in [0.29, 0.717) is 18.2 Å². The van der Waals surface area contributed by atoms with Crippen LogP contribution in [0.3, 0.4) is 0 Å². The molecule has 1 unspecified atom stereocenters. The van der Waals surface area contributed by atoms with Gasteiger partial charge in [0.15, 0.2) is 0 Å². The van der Waals surface area contributed by atoms with Gasteiger partial charge < -0.3 is 10.6 Å². The van der Waals surface area contributed by atoms with Crippen LogP contribution < -0.4 is 5.73 Å². The third-order valence-electron chi connectivity index (χ3n) is 2.93. The molecule has 1 amide bonds. The number of carbonyl (C=O) groups is 1. The Labute approximate surface area is 115 Å². The van der Waals surface area contributed by atoms with Gasteiger partial charge in [0.2, 0.25) is 0 Å². The number of halogens is 1. The van der Waals surface area contributed by atoms with Crippen molar-refractivity contribution in [2.75, 3.05) is 13.6 Å². The van der Waals surface area contributed by atoms with Crippen molar-refractivity contribution in [1.29, 1.82) is 0 Å². The molecule has 0 bridgehead atoms.